The van der Waals surface area contributed by atoms with Crippen molar-refractivity contribution in [2.24, 2.45) is 5.73 Å². The highest BCUT2D eigenvalue weighted by atomic mass is 35.5. The van der Waals surface area contributed by atoms with Crippen molar-refractivity contribution in [1.82, 2.24) is 5.32 Å². The van der Waals surface area contributed by atoms with Crippen LogP contribution in [-0.4, -0.2) is 40.9 Å². The second-order valence-corrected chi connectivity index (χ2v) is 8.91. The number of nitrogens with one attached hydrogen (secondary N) is 2. The zero-order chi connectivity index (χ0) is 26.7. The molecule has 0 spiro atoms. The second kappa shape index (κ2) is 10.4. The summed E-state index contributed by atoms with van der Waals surface area (Å²) in [6.07, 6.45) is -0.183. The normalized spacial score (nSPS) is 16.9. The summed E-state index contributed by atoms with van der Waals surface area (Å²) >= 11 is 5.82. The van der Waals surface area contributed by atoms with E-state index in [1.165, 1.54) is 41.3 Å². The Hall–Kier alpha value is -4.28. The molecule has 1 saturated heterocycles. The largest absolute Gasteiger partial charge is 0.372 e. The third-order valence-electron chi connectivity index (χ3n) is 5.87. The van der Waals surface area contributed by atoms with Crippen LogP contribution in [-0.2, 0) is 16.1 Å². The number of carbonyl (C=O) groups excluding carboxylic acids is 4. The number of carbonyl (C=O) groups is 4. The van der Waals surface area contributed by atoms with Crippen molar-refractivity contribution >= 4 is 46.6 Å². The number of hydrogen-bond donors (Lipinski definition) is 4. The minimum Gasteiger partial charge on any atom is -0.372 e. The van der Waals surface area contributed by atoms with Crippen molar-refractivity contribution in [3.05, 3.63) is 94.3 Å². The molecule has 4 rings (SSSR count). The van der Waals surface area contributed by atoms with E-state index in [9.17, 15) is 28.7 Å². The molecule has 1 aliphatic rings. The number of primary amides is 1. The lowest BCUT2D eigenvalue weighted by molar-refractivity contribution is -0.149. The molecular formula is C26H22ClFN4O5. The van der Waals surface area contributed by atoms with Gasteiger partial charge in [0.15, 0.2) is 0 Å². The average Bonchev–Trinajstić information content (AvgIpc) is 3.17. The Morgan fingerprint density at radius 3 is 2.51 bits per heavy atom. The fraction of sp³-hybridized carbons (Fsp3) is 0.154. The van der Waals surface area contributed by atoms with Gasteiger partial charge in [0.05, 0.1) is 0 Å². The first-order valence-electron chi connectivity index (χ1n) is 11.2. The van der Waals surface area contributed by atoms with Crippen molar-refractivity contribution in [3.63, 3.8) is 0 Å². The number of amides is 4. The maximum Gasteiger partial charge on any atom is 0.268 e. The fourth-order valence-corrected chi connectivity index (χ4v) is 4.22. The smallest absolute Gasteiger partial charge is 0.268 e. The summed E-state index contributed by atoms with van der Waals surface area (Å²) in [6.45, 7) is -0.112. The molecular weight excluding hydrogens is 503 g/mol. The molecule has 1 atom stereocenters. The van der Waals surface area contributed by atoms with Gasteiger partial charge < -0.3 is 26.4 Å². The zero-order valence-electron chi connectivity index (χ0n) is 19.3. The van der Waals surface area contributed by atoms with Crippen molar-refractivity contribution in [2.75, 3.05) is 16.8 Å². The molecule has 1 unspecified atom stereocenters. The number of nitrogens with two attached hydrogens (primary N) is 1. The minimum absolute atomic E-state index is 0.0281. The van der Waals surface area contributed by atoms with Crippen LogP contribution in [0.3, 0.4) is 0 Å². The summed E-state index contributed by atoms with van der Waals surface area (Å²) in [5.41, 5.74) is 4.41. The lowest BCUT2D eigenvalue weighted by atomic mass is 10.0. The molecule has 3 aromatic carbocycles. The first-order chi connectivity index (χ1) is 17.6. The summed E-state index contributed by atoms with van der Waals surface area (Å²) in [6, 6.07) is 16.0. The first-order valence-corrected chi connectivity index (χ1v) is 11.5. The van der Waals surface area contributed by atoms with E-state index in [4.69, 9.17) is 17.3 Å². The van der Waals surface area contributed by atoms with Crippen molar-refractivity contribution in [1.29, 1.82) is 0 Å². The van der Waals surface area contributed by atoms with Crippen LogP contribution in [0, 0.1) is 5.82 Å². The van der Waals surface area contributed by atoms with Gasteiger partial charge >= 0.3 is 0 Å². The molecule has 1 heterocycles. The highest BCUT2D eigenvalue weighted by Gasteiger charge is 2.51. The summed E-state index contributed by atoms with van der Waals surface area (Å²) in [7, 11) is 0. The van der Waals surface area contributed by atoms with Gasteiger partial charge in [-0.15, -0.1) is 0 Å². The Labute approximate surface area is 216 Å². The topological polar surface area (TPSA) is 142 Å². The Bertz CT molecular complexity index is 1390. The van der Waals surface area contributed by atoms with Crippen molar-refractivity contribution in [3.8, 4) is 0 Å². The van der Waals surface area contributed by atoms with Gasteiger partial charge in [-0.05, 0) is 60.2 Å². The van der Waals surface area contributed by atoms with Crippen LogP contribution in [0.4, 0.5) is 15.8 Å². The lowest BCUT2D eigenvalue weighted by Crippen LogP contribution is -2.52. The predicted octanol–water partition coefficient (Wildman–Crippen LogP) is 2.61. The number of halogens is 2. The predicted molar refractivity (Wildman–Crippen MR) is 135 cm³/mol. The van der Waals surface area contributed by atoms with Crippen LogP contribution < -0.4 is 21.3 Å². The van der Waals surface area contributed by atoms with E-state index in [2.05, 4.69) is 10.6 Å². The Kier molecular flexibility index (Phi) is 7.23. The maximum atomic E-state index is 13.5. The fourth-order valence-electron chi connectivity index (χ4n) is 3.97. The maximum absolute atomic E-state index is 13.5. The van der Waals surface area contributed by atoms with E-state index in [0.29, 0.717) is 16.9 Å². The molecule has 37 heavy (non-hydrogen) atoms. The number of benzene rings is 3. The molecule has 0 radical (unpaired) electrons. The molecule has 1 fully saturated rings. The Morgan fingerprint density at radius 2 is 1.78 bits per heavy atom. The minimum atomic E-state index is -2.33. The summed E-state index contributed by atoms with van der Waals surface area (Å²) < 4.78 is 13.5. The van der Waals surface area contributed by atoms with Gasteiger partial charge in [-0.2, -0.15) is 0 Å². The number of nitrogens with zero attached hydrogens (tertiary/aromatic N) is 1. The van der Waals surface area contributed by atoms with Gasteiger partial charge in [-0.25, -0.2) is 4.39 Å². The number of rotatable bonds is 7. The quantitative estimate of drug-likeness (QED) is 0.351. The molecule has 5 N–H and O–H groups in total. The summed E-state index contributed by atoms with van der Waals surface area (Å²) in [5.74, 6) is -3.50. The van der Waals surface area contributed by atoms with Gasteiger partial charge in [0.2, 0.25) is 11.5 Å². The van der Waals surface area contributed by atoms with Crippen LogP contribution in [0.1, 0.15) is 32.7 Å². The average molecular weight is 525 g/mol. The SMILES string of the molecule is NC(=O)c1cccc(NC(=O)c2cccc(N3CCC(O)(C(=O)NCc4cc(F)cc(Cl)c4)C3=O)c2)c1. The first kappa shape index (κ1) is 25.8. The van der Waals surface area contributed by atoms with E-state index < -0.39 is 35.0 Å². The van der Waals surface area contributed by atoms with E-state index >= 15 is 0 Å². The molecule has 0 saturated carbocycles. The van der Waals surface area contributed by atoms with Crippen molar-refractivity contribution in [2.45, 2.75) is 18.6 Å². The van der Waals surface area contributed by atoms with Gasteiger partial charge in [0.25, 0.3) is 17.7 Å². The lowest BCUT2D eigenvalue weighted by Gasteiger charge is -2.22. The van der Waals surface area contributed by atoms with E-state index in [1.54, 1.807) is 24.3 Å². The zero-order valence-corrected chi connectivity index (χ0v) is 20.1. The number of anilines is 2. The Balaban J connectivity index is 1.45. The molecule has 190 valence electrons. The highest BCUT2D eigenvalue weighted by Crippen LogP contribution is 2.29. The highest BCUT2D eigenvalue weighted by molar-refractivity contribution is 6.30. The molecule has 11 heteroatoms. The molecule has 9 nitrogen and oxygen atoms in total. The molecule has 3 aromatic rings. The molecule has 0 bridgehead atoms. The standard InChI is InChI=1S/C26H22ClFN4O5/c27-18-9-15(10-19(28)13-18)14-30-24(35)26(37)7-8-32(25(26)36)21-6-2-4-17(12-21)23(34)31-20-5-1-3-16(11-20)22(29)33/h1-6,9-13,37H,7-8,14H2,(H2,29,33)(H,30,35)(H,31,34). The van der Waals surface area contributed by atoms with E-state index in [1.807, 2.05) is 0 Å². The van der Waals surface area contributed by atoms with Crippen molar-refractivity contribution < 1.29 is 28.7 Å². The van der Waals surface area contributed by atoms with Gasteiger partial charge in [0, 0.05) is 47.0 Å². The second-order valence-electron chi connectivity index (χ2n) is 8.48. The van der Waals surface area contributed by atoms with E-state index in [-0.39, 0.29) is 35.7 Å². The van der Waals surface area contributed by atoms with E-state index in [0.717, 1.165) is 6.07 Å². The van der Waals surface area contributed by atoms with Gasteiger partial charge in [0.1, 0.15) is 5.82 Å². The van der Waals surface area contributed by atoms with Crippen LogP contribution in [0.25, 0.3) is 0 Å². The van der Waals surface area contributed by atoms with Gasteiger partial charge in [-0.3, -0.25) is 19.2 Å². The third-order valence-corrected chi connectivity index (χ3v) is 6.09. The molecule has 0 aliphatic carbocycles. The third kappa shape index (κ3) is 5.60. The van der Waals surface area contributed by atoms with Crippen LogP contribution in [0.15, 0.2) is 66.7 Å². The molecule has 4 amide bonds. The number of aliphatic hydroxyl groups is 1. The molecule has 0 aromatic heterocycles. The summed E-state index contributed by atoms with van der Waals surface area (Å²) in [4.78, 5) is 51.1. The van der Waals surface area contributed by atoms with Crippen LogP contribution in [0.5, 0.6) is 0 Å². The number of hydrogen-bond acceptors (Lipinski definition) is 5. The summed E-state index contributed by atoms with van der Waals surface area (Å²) in [5, 5.41) is 16.1. The van der Waals surface area contributed by atoms with Gasteiger partial charge in [-0.1, -0.05) is 23.7 Å². The monoisotopic (exact) mass is 524 g/mol. The molecule has 1 aliphatic heterocycles. The van der Waals surface area contributed by atoms with Crippen LogP contribution >= 0.6 is 11.6 Å². The Morgan fingerprint density at radius 1 is 1.05 bits per heavy atom. The van der Waals surface area contributed by atoms with Crippen LogP contribution in [0.2, 0.25) is 5.02 Å².